The molecule has 0 radical (unpaired) electrons. The van der Waals surface area contributed by atoms with Crippen molar-refractivity contribution in [2.24, 2.45) is 0 Å². The topological polar surface area (TPSA) is 28.2 Å². The minimum absolute atomic E-state index is 0.336. The Morgan fingerprint density at radius 3 is 2.67 bits per heavy atom. The summed E-state index contributed by atoms with van der Waals surface area (Å²) in [6.07, 6.45) is -3.21. The highest BCUT2D eigenvalue weighted by Gasteiger charge is 2.29. The second-order valence-corrected chi connectivity index (χ2v) is 4.14. The summed E-state index contributed by atoms with van der Waals surface area (Å²) in [5.41, 5.74) is 0.745. The maximum Gasteiger partial charge on any atom is 0.405 e. The third kappa shape index (κ3) is 5.35. The fourth-order valence-corrected chi connectivity index (χ4v) is 1.52. The molecule has 0 saturated heterocycles. The van der Waals surface area contributed by atoms with Gasteiger partial charge in [0.05, 0.1) is 5.69 Å². The average molecular weight is 261 g/mol. The van der Waals surface area contributed by atoms with Crippen LogP contribution < -0.4 is 10.2 Å². The van der Waals surface area contributed by atoms with E-state index in [2.05, 4.69) is 10.3 Å². The van der Waals surface area contributed by atoms with Crippen LogP contribution in [0.5, 0.6) is 0 Å². The Labute approximate surface area is 105 Å². The highest BCUT2D eigenvalue weighted by atomic mass is 19.4. The number of nitrogens with one attached hydrogen (secondary N) is 1. The van der Waals surface area contributed by atoms with Gasteiger partial charge in [-0.05, 0) is 25.1 Å². The van der Waals surface area contributed by atoms with Crippen molar-refractivity contribution in [2.75, 3.05) is 25.0 Å². The standard InChI is InChI=1S/C12H18F3N3/c1-3-7-16-8-10-5-4-6-11(17-10)18(2)9-12(13,14)15/h4-6,16H,3,7-9H2,1-2H3. The maximum absolute atomic E-state index is 12.3. The molecule has 102 valence electrons. The van der Waals surface area contributed by atoms with Gasteiger partial charge in [0, 0.05) is 13.6 Å². The number of aromatic nitrogens is 1. The number of anilines is 1. The molecule has 0 aliphatic carbocycles. The summed E-state index contributed by atoms with van der Waals surface area (Å²) in [5.74, 6) is 0.336. The zero-order valence-corrected chi connectivity index (χ0v) is 10.6. The van der Waals surface area contributed by atoms with E-state index in [1.807, 2.05) is 6.92 Å². The lowest BCUT2D eigenvalue weighted by Gasteiger charge is -2.20. The quantitative estimate of drug-likeness (QED) is 0.798. The Hall–Kier alpha value is -1.30. The van der Waals surface area contributed by atoms with Gasteiger partial charge >= 0.3 is 6.18 Å². The SMILES string of the molecule is CCCNCc1cccc(N(C)CC(F)(F)F)n1. The molecule has 0 fully saturated rings. The number of rotatable bonds is 6. The molecule has 1 aromatic rings. The Bertz CT molecular complexity index is 366. The predicted molar refractivity (Wildman–Crippen MR) is 65.6 cm³/mol. The van der Waals surface area contributed by atoms with Crippen LogP contribution in [0.25, 0.3) is 0 Å². The fourth-order valence-electron chi connectivity index (χ4n) is 1.52. The molecule has 0 atom stereocenters. The Morgan fingerprint density at radius 2 is 2.06 bits per heavy atom. The van der Waals surface area contributed by atoms with E-state index in [-0.39, 0.29) is 0 Å². The molecule has 0 aromatic carbocycles. The highest BCUT2D eigenvalue weighted by Crippen LogP contribution is 2.19. The lowest BCUT2D eigenvalue weighted by Crippen LogP contribution is -2.31. The molecule has 0 bridgehead atoms. The Balaban J connectivity index is 2.63. The smallest absolute Gasteiger partial charge is 0.351 e. The zero-order valence-electron chi connectivity index (χ0n) is 10.6. The number of hydrogen-bond acceptors (Lipinski definition) is 3. The lowest BCUT2D eigenvalue weighted by atomic mass is 10.3. The molecular formula is C12H18F3N3. The molecule has 1 aromatic heterocycles. The maximum atomic E-state index is 12.3. The zero-order chi connectivity index (χ0) is 13.6. The molecule has 1 rings (SSSR count). The van der Waals surface area contributed by atoms with Crippen LogP contribution in [0.1, 0.15) is 19.0 Å². The van der Waals surface area contributed by atoms with Crippen molar-refractivity contribution in [2.45, 2.75) is 26.1 Å². The van der Waals surface area contributed by atoms with Gasteiger partial charge in [0.25, 0.3) is 0 Å². The van der Waals surface area contributed by atoms with Gasteiger partial charge in [-0.15, -0.1) is 0 Å². The fraction of sp³-hybridized carbons (Fsp3) is 0.583. The predicted octanol–water partition coefficient (Wildman–Crippen LogP) is 2.58. The number of alkyl halides is 3. The van der Waals surface area contributed by atoms with Gasteiger partial charge in [0.15, 0.2) is 0 Å². The average Bonchev–Trinajstić information content (AvgIpc) is 2.27. The van der Waals surface area contributed by atoms with Gasteiger partial charge in [-0.3, -0.25) is 0 Å². The number of hydrogen-bond donors (Lipinski definition) is 1. The van der Waals surface area contributed by atoms with Crippen molar-refractivity contribution >= 4 is 5.82 Å². The molecule has 0 unspecified atom stereocenters. The normalized spacial score (nSPS) is 11.6. The molecular weight excluding hydrogens is 243 g/mol. The van der Waals surface area contributed by atoms with E-state index in [0.717, 1.165) is 23.6 Å². The summed E-state index contributed by atoms with van der Waals surface area (Å²) >= 11 is 0. The first-order chi connectivity index (χ1) is 8.42. The van der Waals surface area contributed by atoms with E-state index >= 15 is 0 Å². The van der Waals surface area contributed by atoms with E-state index in [4.69, 9.17) is 0 Å². The Morgan fingerprint density at radius 1 is 1.33 bits per heavy atom. The molecule has 1 N–H and O–H groups in total. The van der Waals surface area contributed by atoms with Crippen LogP contribution in [0.15, 0.2) is 18.2 Å². The summed E-state index contributed by atoms with van der Waals surface area (Å²) in [5, 5.41) is 3.16. The van der Waals surface area contributed by atoms with Gasteiger partial charge in [0.2, 0.25) is 0 Å². The van der Waals surface area contributed by atoms with E-state index in [1.54, 1.807) is 18.2 Å². The second-order valence-electron chi connectivity index (χ2n) is 4.14. The third-order valence-electron chi connectivity index (χ3n) is 2.33. The van der Waals surface area contributed by atoms with Crippen LogP contribution in [0.4, 0.5) is 19.0 Å². The van der Waals surface area contributed by atoms with Crippen molar-refractivity contribution in [1.29, 1.82) is 0 Å². The minimum atomic E-state index is -4.22. The summed E-state index contributed by atoms with van der Waals surface area (Å²) < 4.78 is 36.8. The van der Waals surface area contributed by atoms with E-state index < -0.39 is 12.7 Å². The first-order valence-electron chi connectivity index (χ1n) is 5.87. The van der Waals surface area contributed by atoms with Crippen LogP contribution in [-0.2, 0) is 6.54 Å². The van der Waals surface area contributed by atoms with Crippen molar-refractivity contribution in [3.05, 3.63) is 23.9 Å². The highest BCUT2D eigenvalue weighted by molar-refractivity contribution is 5.38. The summed E-state index contributed by atoms with van der Waals surface area (Å²) in [4.78, 5) is 5.29. The molecule has 0 aliphatic heterocycles. The van der Waals surface area contributed by atoms with Gasteiger partial charge < -0.3 is 10.2 Å². The number of pyridine rings is 1. The summed E-state index contributed by atoms with van der Waals surface area (Å²) in [6.45, 7) is 2.49. The van der Waals surface area contributed by atoms with Gasteiger partial charge in [0.1, 0.15) is 12.4 Å². The van der Waals surface area contributed by atoms with E-state index in [0.29, 0.717) is 12.4 Å². The van der Waals surface area contributed by atoms with Crippen molar-refractivity contribution in [3.8, 4) is 0 Å². The monoisotopic (exact) mass is 261 g/mol. The molecule has 0 amide bonds. The first-order valence-corrected chi connectivity index (χ1v) is 5.87. The van der Waals surface area contributed by atoms with E-state index in [9.17, 15) is 13.2 Å². The van der Waals surface area contributed by atoms with Gasteiger partial charge in [-0.1, -0.05) is 13.0 Å². The van der Waals surface area contributed by atoms with Crippen LogP contribution in [0, 0.1) is 0 Å². The molecule has 0 saturated carbocycles. The number of nitrogens with zero attached hydrogens (tertiary/aromatic N) is 2. The molecule has 0 spiro atoms. The summed E-state index contributed by atoms with van der Waals surface area (Å²) in [6, 6.07) is 5.10. The minimum Gasteiger partial charge on any atom is -0.351 e. The molecule has 18 heavy (non-hydrogen) atoms. The molecule has 6 heteroatoms. The van der Waals surface area contributed by atoms with Gasteiger partial charge in [-0.2, -0.15) is 13.2 Å². The summed E-state index contributed by atoms with van der Waals surface area (Å²) in [7, 11) is 1.39. The van der Waals surface area contributed by atoms with E-state index in [1.165, 1.54) is 7.05 Å². The first kappa shape index (κ1) is 14.8. The van der Waals surface area contributed by atoms with Gasteiger partial charge in [-0.25, -0.2) is 4.98 Å². The van der Waals surface area contributed by atoms with Crippen LogP contribution in [-0.4, -0.2) is 31.3 Å². The largest absolute Gasteiger partial charge is 0.405 e. The molecule has 1 heterocycles. The van der Waals surface area contributed by atoms with Crippen molar-refractivity contribution in [3.63, 3.8) is 0 Å². The third-order valence-corrected chi connectivity index (χ3v) is 2.33. The van der Waals surface area contributed by atoms with Crippen LogP contribution in [0.2, 0.25) is 0 Å². The second kappa shape index (κ2) is 6.58. The van der Waals surface area contributed by atoms with Crippen LogP contribution in [0.3, 0.4) is 0 Å². The van der Waals surface area contributed by atoms with Crippen molar-refractivity contribution in [1.82, 2.24) is 10.3 Å². The number of halogens is 3. The Kier molecular flexibility index (Phi) is 5.40. The van der Waals surface area contributed by atoms with Crippen LogP contribution >= 0.6 is 0 Å². The lowest BCUT2D eigenvalue weighted by molar-refractivity contribution is -0.119. The molecule has 0 aliphatic rings. The molecule has 3 nitrogen and oxygen atoms in total. The van der Waals surface area contributed by atoms with Crippen molar-refractivity contribution < 1.29 is 13.2 Å².